The molecule has 0 aliphatic heterocycles. The molecule has 1 rings (SSSR count). The lowest BCUT2D eigenvalue weighted by Crippen LogP contribution is -2.20. The molecule has 1 heterocycles. The molecule has 1 aromatic rings. The van der Waals surface area contributed by atoms with Gasteiger partial charge < -0.3 is 9.67 Å². The van der Waals surface area contributed by atoms with E-state index < -0.39 is 5.97 Å². The summed E-state index contributed by atoms with van der Waals surface area (Å²) in [5, 5.41) is 8.45. The van der Waals surface area contributed by atoms with Crippen LogP contribution in [-0.2, 0) is 25.3 Å². The van der Waals surface area contributed by atoms with Gasteiger partial charge in [-0.3, -0.25) is 9.36 Å². The molecule has 0 fully saturated rings. The van der Waals surface area contributed by atoms with E-state index in [1.807, 2.05) is 0 Å². The second-order valence-electron chi connectivity index (χ2n) is 3.32. The Morgan fingerprint density at radius 2 is 2.14 bits per heavy atom. The number of aliphatic carboxylic acids is 1. The molecule has 5 heteroatoms. The molecule has 0 bridgehead atoms. The van der Waals surface area contributed by atoms with E-state index in [0.29, 0.717) is 12.8 Å². The lowest BCUT2D eigenvalue weighted by Gasteiger charge is -1.98. The van der Waals surface area contributed by atoms with Gasteiger partial charge >= 0.3 is 11.7 Å². The van der Waals surface area contributed by atoms with E-state index in [0.717, 1.165) is 5.69 Å². The third-order valence-corrected chi connectivity index (χ3v) is 2.19. The SMILES string of the molecule is Cn1cc(CCCC(=O)O)n(C)c1=O. The number of carbonyl (C=O) groups is 1. The first kappa shape index (κ1) is 10.6. The normalized spacial score (nSPS) is 10.4. The summed E-state index contributed by atoms with van der Waals surface area (Å²) in [6, 6.07) is 0. The highest BCUT2D eigenvalue weighted by molar-refractivity contribution is 5.66. The van der Waals surface area contributed by atoms with E-state index >= 15 is 0 Å². The predicted molar refractivity (Wildman–Crippen MR) is 51.2 cm³/mol. The van der Waals surface area contributed by atoms with Gasteiger partial charge in [0.2, 0.25) is 0 Å². The van der Waals surface area contributed by atoms with E-state index in [-0.39, 0.29) is 12.1 Å². The van der Waals surface area contributed by atoms with Crippen molar-refractivity contribution >= 4 is 5.97 Å². The molecule has 0 saturated heterocycles. The first-order valence-electron chi connectivity index (χ1n) is 4.45. The largest absolute Gasteiger partial charge is 0.481 e. The number of hydrogen-bond acceptors (Lipinski definition) is 2. The van der Waals surface area contributed by atoms with Crippen molar-refractivity contribution in [2.45, 2.75) is 19.3 Å². The van der Waals surface area contributed by atoms with Gasteiger partial charge in [0.25, 0.3) is 0 Å². The summed E-state index contributed by atoms with van der Waals surface area (Å²) < 4.78 is 3.04. The number of imidazole rings is 1. The van der Waals surface area contributed by atoms with Crippen LogP contribution >= 0.6 is 0 Å². The zero-order valence-corrected chi connectivity index (χ0v) is 8.36. The van der Waals surface area contributed by atoms with Crippen molar-refractivity contribution in [3.63, 3.8) is 0 Å². The first-order valence-corrected chi connectivity index (χ1v) is 4.45. The Hall–Kier alpha value is -1.52. The smallest absolute Gasteiger partial charge is 0.327 e. The zero-order chi connectivity index (χ0) is 10.7. The molecule has 1 N–H and O–H groups in total. The molecule has 0 aliphatic carbocycles. The second kappa shape index (κ2) is 4.13. The number of carboxylic acid groups (broad SMARTS) is 1. The fourth-order valence-electron chi connectivity index (χ4n) is 1.38. The summed E-state index contributed by atoms with van der Waals surface area (Å²) in [4.78, 5) is 21.6. The second-order valence-corrected chi connectivity index (χ2v) is 3.32. The lowest BCUT2D eigenvalue weighted by atomic mass is 10.2. The van der Waals surface area contributed by atoms with Crippen molar-refractivity contribution < 1.29 is 9.90 Å². The third kappa shape index (κ3) is 2.25. The summed E-state index contributed by atoms with van der Waals surface area (Å²) in [5.41, 5.74) is 0.800. The van der Waals surface area contributed by atoms with Gasteiger partial charge in [-0.25, -0.2) is 4.79 Å². The van der Waals surface area contributed by atoms with Crippen LogP contribution in [0.1, 0.15) is 18.5 Å². The van der Waals surface area contributed by atoms with Gasteiger partial charge in [-0.15, -0.1) is 0 Å². The Morgan fingerprint density at radius 1 is 1.50 bits per heavy atom. The van der Waals surface area contributed by atoms with Crippen molar-refractivity contribution in [2.75, 3.05) is 0 Å². The Labute approximate surface area is 81.6 Å². The van der Waals surface area contributed by atoms with E-state index in [4.69, 9.17) is 5.11 Å². The van der Waals surface area contributed by atoms with Gasteiger partial charge in [0.05, 0.1) is 0 Å². The topological polar surface area (TPSA) is 64.2 Å². The standard InChI is InChI=1S/C9H14N2O3/c1-10-6-7(11(2)9(10)14)4-3-5-8(12)13/h6H,3-5H2,1-2H3,(H,12,13). The quantitative estimate of drug-likeness (QED) is 0.748. The molecule has 1 aromatic heterocycles. The fourth-order valence-corrected chi connectivity index (χ4v) is 1.38. The Balaban J connectivity index is 2.64. The van der Waals surface area contributed by atoms with Crippen LogP contribution in [0.3, 0.4) is 0 Å². The molecule has 0 spiro atoms. The molecule has 5 nitrogen and oxygen atoms in total. The predicted octanol–water partition coefficient (Wildman–Crippen LogP) is 0.131. The van der Waals surface area contributed by atoms with Crippen molar-refractivity contribution in [3.05, 3.63) is 22.4 Å². The fraction of sp³-hybridized carbons (Fsp3) is 0.556. The highest BCUT2D eigenvalue weighted by Gasteiger charge is 2.05. The maximum Gasteiger partial charge on any atom is 0.327 e. The van der Waals surface area contributed by atoms with E-state index in [1.165, 1.54) is 4.57 Å². The van der Waals surface area contributed by atoms with E-state index in [2.05, 4.69) is 0 Å². The number of aryl methyl sites for hydroxylation is 2. The monoisotopic (exact) mass is 198 g/mol. The van der Waals surface area contributed by atoms with Crippen molar-refractivity contribution in [3.8, 4) is 0 Å². The van der Waals surface area contributed by atoms with Crippen LogP contribution in [0, 0.1) is 0 Å². The average molecular weight is 198 g/mol. The molecule has 0 amide bonds. The number of aromatic nitrogens is 2. The molecular weight excluding hydrogens is 184 g/mol. The summed E-state index contributed by atoms with van der Waals surface area (Å²) >= 11 is 0. The molecule has 14 heavy (non-hydrogen) atoms. The number of carboxylic acids is 1. The van der Waals surface area contributed by atoms with Crippen LogP contribution in [-0.4, -0.2) is 20.2 Å². The van der Waals surface area contributed by atoms with Gasteiger partial charge in [-0.2, -0.15) is 0 Å². The van der Waals surface area contributed by atoms with Gasteiger partial charge in [0.15, 0.2) is 0 Å². The van der Waals surface area contributed by atoms with Crippen LogP contribution in [0.5, 0.6) is 0 Å². The van der Waals surface area contributed by atoms with E-state index in [1.54, 1.807) is 24.9 Å². The van der Waals surface area contributed by atoms with Gasteiger partial charge in [-0.1, -0.05) is 0 Å². The highest BCUT2D eigenvalue weighted by atomic mass is 16.4. The maximum absolute atomic E-state index is 11.3. The molecule has 0 saturated carbocycles. The molecule has 0 aromatic carbocycles. The Kier molecular flexibility index (Phi) is 3.11. The zero-order valence-electron chi connectivity index (χ0n) is 8.36. The molecule has 0 atom stereocenters. The number of hydrogen-bond donors (Lipinski definition) is 1. The van der Waals surface area contributed by atoms with Crippen LogP contribution in [0.4, 0.5) is 0 Å². The van der Waals surface area contributed by atoms with Crippen LogP contribution < -0.4 is 5.69 Å². The summed E-state index contributed by atoms with van der Waals surface area (Å²) in [6.07, 6.45) is 3.07. The van der Waals surface area contributed by atoms with Crippen molar-refractivity contribution in [2.24, 2.45) is 14.1 Å². The first-order chi connectivity index (χ1) is 6.52. The van der Waals surface area contributed by atoms with Gasteiger partial charge in [0, 0.05) is 32.4 Å². The number of rotatable bonds is 4. The summed E-state index contributed by atoms with van der Waals surface area (Å²) in [6.45, 7) is 0. The minimum absolute atomic E-state index is 0.0738. The molecule has 78 valence electrons. The third-order valence-electron chi connectivity index (χ3n) is 2.19. The molecule has 0 unspecified atom stereocenters. The van der Waals surface area contributed by atoms with E-state index in [9.17, 15) is 9.59 Å². The van der Waals surface area contributed by atoms with Crippen molar-refractivity contribution in [1.82, 2.24) is 9.13 Å². The van der Waals surface area contributed by atoms with Gasteiger partial charge in [0.1, 0.15) is 0 Å². The molecule has 0 radical (unpaired) electrons. The Morgan fingerprint density at radius 3 is 2.57 bits per heavy atom. The van der Waals surface area contributed by atoms with Crippen LogP contribution in [0.25, 0.3) is 0 Å². The maximum atomic E-state index is 11.3. The average Bonchev–Trinajstić information content (AvgIpc) is 2.33. The minimum Gasteiger partial charge on any atom is -0.481 e. The van der Waals surface area contributed by atoms with Crippen molar-refractivity contribution in [1.29, 1.82) is 0 Å². The Bertz CT molecular complexity index is 389. The number of nitrogens with zero attached hydrogens (tertiary/aromatic N) is 2. The van der Waals surface area contributed by atoms with Crippen LogP contribution in [0.2, 0.25) is 0 Å². The minimum atomic E-state index is -0.800. The highest BCUT2D eigenvalue weighted by Crippen LogP contribution is 2.02. The molecular formula is C9H14N2O3. The van der Waals surface area contributed by atoms with Crippen LogP contribution in [0.15, 0.2) is 11.0 Å². The summed E-state index contributed by atoms with van der Waals surface area (Å²) in [7, 11) is 3.38. The van der Waals surface area contributed by atoms with Gasteiger partial charge in [-0.05, 0) is 12.8 Å². The lowest BCUT2D eigenvalue weighted by molar-refractivity contribution is -0.137. The summed E-state index contributed by atoms with van der Waals surface area (Å²) in [5.74, 6) is -0.800. The molecule has 0 aliphatic rings.